The van der Waals surface area contributed by atoms with Crippen LogP contribution in [0, 0.1) is 0 Å². The number of carbonyl (C=O) groups is 2. The lowest BCUT2D eigenvalue weighted by Gasteiger charge is -2.38. The van der Waals surface area contributed by atoms with Gasteiger partial charge in [-0.15, -0.1) is 0 Å². The molecule has 0 aromatic rings. The van der Waals surface area contributed by atoms with Crippen molar-refractivity contribution < 1.29 is 27.9 Å². The third-order valence-electron chi connectivity index (χ3n) is 5.93. The van der Waals surface area contributed by atoms with Crippen molar-refractivity contribution in [1.82, 2.24) is 4.90 Å². The molecule has 30 heavy (non-hydrogen) atoms. The van der Waals surface area contributed by atoms with Crippen LogP contribution in [0.4, 0.5) is 9.18 Å². The van der Waals surface area contributed by atoms with E-state index in [1.54, 1.807) is 27.7 Å². The van der Waals surface area contributed by atoms with Gasteiger partial charge in [0, 0.05) is 13.0 Å². The first-order valence-electron chi connectivity index (χ1n) is 11.0. The van der Waals surface area contributed by atoms with Crippen LogP contribution >= 0.6 is 0 Å². The first kappa shape index (κ1) is 26.6. The van der Waals surface area contributed by atoms with Gasteiger partial charge in [-0.3, -0.25) is 4.90 Å². The van der Waals surface area contributed by atoms with Crippen molar-refractivity contribution in [2.24, 2.45) is 0 Å². The fraction of sp³-hybridized carbons (Fsp3) is 0.818. The van der Waals surface area contributed by atoms with Crippen LogP contribution < -0.4 is 0 Å². The summed E-state index contributed by atoms with van der Waals surface area (Å²) in [6, 6.07) is 2.73. The second-order valence-corrected chi connectivity index (χ2v) is 13.7. The number of carbonyl (C=O) groups excluding carboxylic acids is 2. The SMILES string of the molecule is C=C1CCN(C(=O)OC(C)(C)C)[C@]1(C[C@@H](F)CO[Si](CC)(CC)CC)C(=O)OCC. The zero-order valence-corrected chi connectivity index (χ0v) is 20.8. The van der Waals surface area contributed by atoms with Crippen LogP contribution in [0.15, 0.2) is 12.2 Å². The third kappa shape index (κ3) is 6.06. The maximum atomic E-state index is 15.3. The summed E-state index contributed by atoms with van der Waals surface area (Å²) in [5.41, 5.74) is -1.84. The molecule has 0 bridgehead atoms. The quantitative estimate of drug-likeness (QED) is 0.261. The molecule has 1 saturated heterocycles. The minimum Gasteiger partial charge on any atom is -0.464 e. The Kier molecular flexibility index (Phi) is 9.54. The number of nitrogens with zero attached hydrogens (tertiary/aromatic N) is 1. The van der Waals surface area contributed by atoms with Crippen LogP contribution in [0.5, 0.6) is 0 Å². The molecule has 1 aliphatic heterocycles. The highest BCUT2D eigenvalue weighted by molar-refractivity contribution is 6.73. The second kappa shape index (κ2) is 10.8. The van der Waals surface area contributed by atoms with Gasteiger partial charge < -0.3 is 13.9 Å². The van der Waals surface area contributed by atoms with Crippen molar-refractivity contribution in [3.63, 3.8) is 0 Å². The van der Waals surface area contributed by atoms with Gasteiger partial charge in [-0.05, 0) is 57.8 Å². The van der Waals surface area contributed by atoms with E-state index in [9.17, 15) is 9.59 Å². The van der Waals surface area contributed by atoms with E-state index >= 15 is 4.39 Å². The zero-order valence-electron chi connectivity index (χ0n) is 19.8. The van der Waals surface area contributed by atoms with Crippen LogP contribution in [0.1, 0.15) is 61.3 Å². The number of rotatable bonds is 10. The number of likely N-dealkylation sites (tertiary alicyclic amines) is 1. The summed E-state index contributed by atoms with van der Waals surface area (Å²) >= 11 is 0. The second-order valence-electron chi connectivity index (χ2n) is 8.92. The van der Waals surface area contributed by atoms with Gasteiger partial charge >= 0.3 is 12.1 Å². The van der Waals surface area contributed by atoms with Crippen LogP contribution in [0.3, 0.4) is 0 Å². The molecule has 8 heteroatoms. The Morgan fingerprint density at radius 2 is 1.77 bits per heavy atom. The summed E-state index contributed by atoms with van der Waals surface area (Å²) in [5, 5.41) is 0. The van der Waals surface area contributed by atoms with E-state index in [0.717, 1.165) is 18.1 Å². The maximum Gasteiger partial charge on any atom is 0.411 e. The van der Waals surface area contributed by atoms with Gasteiger partial charge in [-0.2, -0.15) is 0 Å². The molecule has 1 aliphatic rings. The molecule has 0 saturated carbocycles. The Morgan fingerprint density at radius 1 is 1.20 bits per heavy atom. The van der Waals surface area contributed by atoms with Crippen LogP contribution in [-0.4, -0.2) is 62.4 Å². The van der Waals surface area contributed by atoms with E-state index in [1.807, 2.05) is 0 Å². The predicted molar refractivity (Wildman–Crippen MR) is 119 cm³/mol. The van der Waals surface area contributed by atoms with E-state index in [0.29, 0.717) is 12.0 Å². The number of hydrogen-bond acceptors (Lipinski definition) is 5. The van der Waals surface area contributed by atoms with Gasteiger partial charge in [0.2, 0.25) is 0 Å². The van der Waals surface area contributed by atoms with E-state index < -0.39 is 37.7 Å². The highest BCUT2D eigenvalue weighted by Crippen LogP contribution is 2.40. The van der Waals surface area contributed by atoms with E-state index in [-0.39, 0.29) is 26.2 Å². The van der Waals surface area contributed by atoms with E-state index in [2.05, 4.69) is 27.4 Å². The number of ether oxygens (including phenoxy) is 2. The highest BCUT2D eigenvalue weighted by Gasteiger charge is 2.56. The van der Waals surface area contributed by atoms with Gasteiger partial charge in [-0.25, -0.2) is 14.0 Å². The van der Waals surface area contributed by atoms with Crippen LogP contribution in [0.25, 0.3) is 0 Å². The average Bonchev–Trinajstić information content (AvgIpc) is 2.99. The van der Waals surface area contributed by atoms with E-state index in [4.69, 9.17) is 13.9 Å². The molecule has 1 amide bonds. The molecule has 1 fully saturated rings. The molecule has 0 radical (unpaired) electrons. The third-order valence-corrected chi connectivity index (χ3v) is 10.6. The molecular weight excluding hydrogens is 405 g/mol. The lowest BCUT2D eigenvalue weighted by molar-refractivity contribution is -0.155. The molecule has 0 aliphatic carbocycles. The molecule has 0 spiro atoms. The number of halogens is 1. The van der Waals surface area contributed by atoms with Crippen LogP contribution in [0.2, 0.25) is 18.1 Å². The summed E-state index contributed by atoms with van der Waals surface area (Å²) in [6.07, 6.45) is -1.96. The normalized spacial score (nSPS) is 20.9. The zero-order chi connectivity index (χ0) is 23.2. The summed E-state index contributed by atoms with van der Waals surface area (Å²) in [7, 11) is -1.97. The molecule has 0 aromatic carbocycles. The Hall–Kier alpha value is -1.41. The van der Waals surface area contributed by atoms with Gasteiger partial charge in [0.1, 0.15) is 11.8 Å². The smallest absolute Gasteiger partial charge is 0.411 e. The monoisotopic (exact) mass is 445 g/mol. The molecule has 1 rings (SSSR count). The van der Waals surface area contributed by atoms with Crippen molar-refractivity contribution in [3.05, 3.63) is 12.2 Å². The summed E-state index contributed by atoms with van der Waals surface area (Å²) < 4.78 is 32.1. The summed E-state index contributed by atoms with van der Waals surface area (Å²) in [5.74, 6) is -0.661. The Labute approximate surface area is 182 Å². The number of alkyl halides is 1. The molecule has 6 nitrogen and oxygen atoms in total. The van der Waals surface area contributed by atoms with Crippen molar-refractivity contribution in [2.45, 2.75) is 96.8 Å². The fourth-order valence-corrected chi connectivity index (χ4v) is 6.59. The summed E-state index contributed by atoms with van der Waals surface area (Å²) in [4.78, 5) is 27.2. The van der Waals surface area contributed by atoms with Gasteiger partial charge in [-0.1, -0.05) is 27.4 Å². The van der Waals surface area contributed by atoms with Crippen molar-refractivity contribution in [3.8, 4) is 0 Å². The topological polar surface area (TPSA) is 65.1 Å². The lowest BCUT2D eigenvalue weighted by atomic mass is 9.86. The van der Waals surface area contributed by atoms with Crippen molar-refractivity contribution >= 4 is 20.4 Å². The number of amides is 1. The number of hydrogen-bond donors (Lipinski definition) is 0. The Morgan fingerprint density at radius 3 is 2.23 bits per heavy atom. The number of esters is 1. The van der Waals surface area contributed by atoms with Gasteiger partial charge in [0.25, 0.3) is 0 Å². The molecule has 174 valence electrons. The summed E-state index contributed by atoms with van der Waals surface area (Å²) in [6.45, 7) is 17.4. The lowest BCUT2D eigenvalue weighted by Crippen LogP contribution is -2.57. The standard InChI is InChI=1S/C22H40FNO5Si/c1-9-27-19(25)22(15-18(23)16-28-30(10-2,11-3)12-4)17(5)13-14-24(22)20(26)29-21(6,7)8/h18H,5,9-16H2,1-4,6-8H3/t18-,22+/m1/s1. The minimum atomic E-state index is -1.97. The largest absolute Gasteiger partial charge is 0.464 e. The van der Waals surface area contributed by atoms with Crippen LogP contribution in [-0.2, 0) is 18.7 Å². The maximum absolute atomic E-state index is 15.3. The van der Waals surface area contributed by atoms with E-state index in [1.165, 1.54) is 4.90 Å². The Balaban J connectivity index is 3.15. The van der Waals surface area contributed by atoms with Gasteiger partial charge in [0.15, 0.2) is 13.9 Å². The van der Waals surface area contributed by atoms with Crippen molar-refractivity contribution in [1.29, 1.82) is 0 Å². The molecule has 0 N–H and O–H groups in total. The molecule has 0 unspecified atom stereocenters. The average molecular weight is 446 g/mol. The first-order chi connectivity index (χ1) is 13.9. The first-order valence-corrected chi connectivity index (χ1v) is 13.6. The molecule has 1 heterocycles. The molecular formula is C22H40FNO5Si. The molecule has 0 aromatic heterocycles. The van der Waals surface area contributed by atoms with Crippen molar-refractivity contribution in [2.75, 3.05) is 19.8 Å². The minimum absolute atomic E-state index is 0.0989. The fourth-order valence-electron chi connectivity index (χ4n) is 3.95. The molecule has 2 atom stereocenters. The Bertz CT molecular complexity index is 609. The van der Waals surface area contributed by atoms with Gasteiger partial charge in [0.05, 0.1) is 13.2 Å². The highest BCUT2D eigenvalue weighted by atomic mass is 28.4. The predicted octanol–water partition coefficient (Wildman–Crippen LogP) is 5.24.